The highest BCUT2D eigenvalue weighted by molar-refractivity contribution is 5.75. The van der Waals surface area contributed by atoms with Crippen molar-refractivity contribution in [2.24, 2.45) is 0 Å². The third-order valence-corrected chi connectivity index (χ3v) is 4.46. The quantitative estimate of drug-likeness (QED) is 0.865. The molecule has 3 rings (SSSR count). The van der Waals surface area contributed by atoms with Crippen LogP contribution >= 0.6 is 0 Å². The Morgan fingerprint density at radius 1 is 1.18 bits per heavy atom. The van der Waals surface area contributed by atoms with E-state index in [1.807, 2.05) is 18.2 Å². The van der Waals surface area contributed by atoms with Gasteiger partial charge in [-0.25, -0.2) is 4.79 Å². The highest BCUT2D eigenvalue weighted by Crippen LogP contribution is 2.19. The van der Waals surface area contributed by atoms with Gasteiger partial charge in [0.1, 0.15) is 0 Å². The van der Waals surface area contributed by atoms with Crippen molar-refractivity contribution in [2.45, 2.75) is 24.9 Å². The molecule has 5 heteroatoms. The Morgan fingerprint density at radius 3 is 2.50 bits per heavy atom. The van der Waals surface area contributed by atoms with Gasteiger partial charge in [-0.3, -0.25) is 4.90 Å². The topological polar surface area (TPSA) is 47.6 Å². The SMILES string of the molecule is CN1CCN(C[C@H](NC(=O)NC2CC2)c2ccccc2)CC1. The molecule has 0 spiro atoms. The van der Waals surface area contributed by atoms with Crippen LogP contribution in [0.15, 0.2) is 30.3 Å². The standard InChI is InChI=1S/C17H26N4O/c1-20-9-11-21(12-10-20)13-16(14-5-3-2-4-6-14)19-17(22)18-15-7-8-15/h2-6,15-16H,7-13H2,1H3,(H2,18,19,22)/t16-/m0/s1. The van der Waals surface area contributed by atoms with Gasteiger partial charge in [0.05, 0.1) is 6.04 Å². The Labute approximate surface area is 132 Å². The molecular formula is C17H26N4O. The first-order valence-corrected chi connectivity index (χ1v) is 8.23. The van der Waals surface area contributed by atoms with E-state index in [1.54, 1.807) is 0 Å². The van der Waals surface area contributed by atoms with E-state index in [2.05, 4.69) is 39.6 Å². The summed E-state index contributed by atoms with van der Waals surface area (Å²) in [5, 5.41) is 6.18. The molecule has 1 atom stereocenters. The summed E-state index contributed by atoms with van der Waals surface area (Å²) in [7, 11) is 2.16. The third kappa shape index (κ3) is 4.45. The van der Waals surface area contributed by atoms with Gasteiger partial charge < -0.3 is 15.5 Å². The van der Waals surface area contributed by atoms with E-state index in [0.29, 0.717) is 6.04 Å². The lowest BCUT2D eigenvalue weighted by atomic mass is 10.1. The van der Waals surface area contributed by atoms with Gasteiger partial charge in [0, 0.05) is 38.8 Å². The minimum atomic E-state index is -0.0366. The molecule has 1 saturated carbocycles. The number of nitrogens with zero attached hydrogens (tertiary/aromatic N) is 2. The summed E-state index contributed by atoms with van der Waals surface area (Å²) in [6.45, 7) is 5.18. The number of likely N-dealkylation sites (N-methyl/N-ethyl adjacent to an activating group) is 1. The minimum absolute atomic E-state index is 0.0366. The van der Waals surface area contributed by atoms with E-state index in [9.17, 15) is 4.79 Å². The van der Waals surface area contributed by atoms with E-state index in [1.165, 1.54) is 5.56 Å². The second kappa shape index (κ2) is 7.11. The highest BCUT2D eigenvalue weighted by atomic mass is 16.2. The molecule has 1 saturated heterocycles. The number of rotatable bonds is 5. The largest absolute Gasteiger partial charge is 0.335 e. The number of nitrogens with one attached hydrogen (secondary N) is 2. The van der Waals surface area contributed by atoms with Crippen LogP contribution in [0.4, 0.5) is 4.79 Å². The third-order valence-electron chi connectivity index (χ3n) is 4.46. The normalized spacial score (nSPS) is 21.3. The second-order valence-electron chi connectivity index (χ2n) is 6.46. The zero-order valence-electron chi connectivity index (χ0n) is 13.3. The van der Waals surface area contributed by atoms with Gasteiger partial charge in [-0.15, -0.1) is 0 Å². The van der Waals surface area contributed by atoms with Crippen LogP contribution in [0.25, 0.3) is 0 Å². The Balaban J connectivity index is 1.61. The van der Waals surface area contributed by atoms with Crippen molar-refractivity contribution in [3.8, 4) is 0 Å². The molecule has 2 aliphatic rings. The number of amides is 2. The molecule has 0 radical (unpaired) electrons. The smallest absolute Gasteiger partial charge is 0.315 e. The molecule has 1 aliphatic heterocycles. The first-order valence-electron chi connectivity index (χ1n) is 8.23. The summed E-state index contributed by atoms with van der Waals surface area (Å²) < 4.78 is 0. The maximum Gasteiger partial charge on any atom is 0.315 e. The molecule has 1 aromatic carbocycles. The van der Waals surface area contributed by atoms with Crippen molar-refractivity contribution < 1.29 is 4.79 Å². The van der Waals surface area contributed by atoms with Crippen LogP contribution in [0.5, 0.6) is 0 Å². The summed E-state index contributed by atoms with van der Waals surface area (Å²) >= 11 is 0. The average Bonchev–Trinajstić information content (AvgIpc) is 3.33. The molecule has 1 aliphatic carbocycles. The van der Waals surface area contributed by atoms with E-state index < -0.39 is 0 Å². The van der Waals surface area contributed by atoms with Crippen LogP contribution in [0.1, 0.15) is 24.4 Å². The maximum atomic E-state index is 12.1. The highest BCUT2D eigenvalue weighted by Gasteiger charge is 2.26. The molecule has 1 heterocycles. The fourth-order valence-electron chi connectivity index (χ4n) is 2.82. The lowest BCUT2D eigenvalue weighted by Gasteiger charge is -2.35. The Bertz CT molecular complexity index is 481. The van der Waals surface area contributed by atoms with Crippen molar-refractivity contribution in [1.29, 1.82) is 0 Å². The predicted molar refractivity (Wildman–Crippen MR) is 87.8 cm³/mol. The van der Waals surface area contributed by atoms with Gasteiger partial charge in [-0.2, -0.15) is 0 Å². The molecule has 2 amide bonds. The van der Waals surface area contributed by atoms with Crippen molar-refractivity contribution in [2.75, 3.05) is 39.8 Å². The van der Waals surface area contributed by atoms with E-state index in [4.69, 9.17) is 0 Å². The first-order chi connectivity index (χ1) is 10.7. The van der Waals surface area contributed by atoms with Gasteiger partial charge >= 0.3 is 6.03 Å². The molecule has 0 unspecified atom stereocenters. The van der Waals surface area contributed by atoms with Crippen LogP contribution in [0, 0.1) is 0 Å². The number of carbonyl (C=O) groups excluding carboxylic acids is 1. The van der Waals surface area contributed by atoms with Crippen molar-refractivity contribution in [3.05, 3.63) is 35.9 Å². The van der Waals surface area contributed by atoms with E-state index in [-0.39, 0.29) is 12.1 Å². The van der Waals surface area contributed by atoms with Gasteiger partial charge in [-0.05, 0) is 25.5 Å². The number of carbonyl (C=O) groups is 1. The number of urea groups is 1. The van der Waals surface area contributed by atoms with Crippen molar-refractivity contribution >= 4 is 6.03 Å². The molecule has 120 valence electrons. The van der Waals surface area contributed by atoms with Gasteiger partial charge in [0.15, 0.2) is 0 Å². The lowest BCUT2D eigenvalue weighted by molar-refractivity contribution is 0.142. The van der Waals surface area contributed by atoms with E-state index in [0.717, 1.165) is 45.6 Å². The number of hydrogen-bond acceptors (Lipinski definition) is 3. The Kier molecular flexibility index (Phi) is 4.95. The molecular weight excluding hydrogens is 276 g/mol. The van der Waals surface area contributed by atoms with E-state index >= 15 is 0 Å². The monoisotopic (exact) mass is 302 g/mol. The van der Waals surface area contributed by atoms with Crippen LogP contribution in [-0.4, -0.2) is 61.6 Å². The van der Waals surface area contributed by atoms with Gasteiger partial charge in [-0.1, -0.05) is 30.3 Å². The molecule has 2 fully saturated rings. The molecule has 22 heavy (non-hydrogen) atoms. The zero-order chi connectivity index (χ0) is 15.4. The summed E-state index contributed by atoms with van der Waals surface area (Å²) in [6.07, 6.45) is 2.23. The first kappa shape index (κ1) is 15.3. The average molecular weight is 302 g/mol. The molecule has 1 aromatic rings. The fraction of sp³-hybridized carbons (Fsp3) is 0.588. The lowest BCUT2D eigenvalue weighted by Crippen LogP contribution is -2.49. The predicted octanol–water partition coefficient (Wildman–Crippen LogP) is 1.44. The maximum absolute atomic E-state index is 12.1. The summed E-state index contributed by atoms with van der Waals surface area (Å²) in [6, 6.07) is 10.7. The Hall–Kier alpha value is -1.59. The van der Waals surface area contributed by atoms with Crippen molar-refractivity contribution in [3.63, 3.8) is 0 Å². The summed E-state index contributed by atoms with van der Waals surface area (Å²) in [5.74, 6) is 0. The number of benzene rings is 1. The van der Waals surface area contributed by atoms with Gasteiger partial charge in [0.2, 0.25) is 0 Å². The zero-order valence-corrected chi connectivity index (χ0v) is 13.3. The van der Waals surface area contributed by atoms with Crippen molar-refractivity contribution in [1.82, 2.24) is 20.4 Å². The number of hydrogen-bond donors (Lipinski definition) is 2. The fourth-order valence-corrected chi connectivity index (χ4v) is 2.82. The van der Waals surface area contributed by atoms with Crippen LogP contribution in [0.3, 0.4) is 0 Å². The van der Waals surface area contributed by atoms with Crippen LogP contribution < -0.4 is 10.6 Å². The van der Waals surface area contributed by atoms with Crippen LogP contribution in [-0.2, 0) is 0 Å². The minimum Gasteiger partial charge on any atom is -0.335 e. The van der Waals surface area contributed by atoms with Gasteiger partial charge in [0.25, 0.3) is 0 Å². The molecule has 5 nitrogen and oxygen atoms in total. The molecule has 2 N–H and O–H groups in total. The summed E-state index contributed by atoms with van der Waals surface area (Å²) in [5.41, 5.74) is 1.17. The summed E-state index contributed by atoms with van der Waals surface area (Å²) in [4.78, 5) is 16.9. The molecule has 0 aromatic heterocycles. The Morgan fingerprint density at radius 2 is 1.86 bits per heavy atom. The number of piperazine rings is 1. The second-order valence-corrected chi connectivity index (χ2v) is 6.46. The van der Waals surface area contributed by atoms with Crippen LogP contribution in [0.2, 0.25) is 0 Å². The molecule has 0 bridgehead atoms.